The Morgan fingerprint density at radius 2 is 2.23 bits per heavy atom. The Morgan fingerprint density at radius 3 is 3.03 bits per heavy atom. The molecule has 0 saturated carbocycles. The monoisotopic (exact) mass is 409 g/mol. The van der Waals surface area contributed by atoms with Crippen LogP contribution in [0, 0.1) is 0 Å². The lowest BCUT2D eigenvalue weighted by atomic mass is 10.1. The second-order valence-corrected chi connectivity index (χ2v) is 6.97. The molecule has 4 aromatic rings. The van der Waals surface area contributed by atoms with Gasteiger partial charge < -0.3 is 19.0 Å². The van der Waals surface area contributed by atoms with E-state index in [4.69, 9.17) is 13.7 Å². The SMILES string of the molecule is CCn1ncc2c(NC3CCOC(=O)C3)c(-c3nnc(Cc4ccon4)o3)cnc21. The molecule has 0 radical (unpaired) electrons. The van der Waals surface area contributed by atoms with Crippen molar-refractivity contribution in [3.05, 3.63) is 36.3 Å². The number of ether oxygens (including phenoxy) is 1. The molecule has 1 aliphatic rings. The van der Waals surface area contributed by atoms with Crippen LogP contribution in [0.15, 0.2) is 33.7 Å². The van der Waals surface area contributed by atoms with Crippen molar-refractivity contribution in [3.8, 4) is 11.5 Å². The van der Waals surface area contributed by atoms with Crippen molar-refractivity contribution < 1.29 is 18.5 Å². The molecule has 0 amide bonds. The van der Waals surface area contributed by atoms with Crippen LogP contribution in [0.4, 0.5) is 5.69 Å². The van der Waals surface area contributed by atoms with Gasteiger partial charge in [-0.25, -0.2) is 9.67 Å². The van der Waals surface area contributed by atoms with E-state index in [9.17, 15) is 4.79 Å². The Balaban J connectivity index is 1.54. The summed E-state index contributed by atoms with van der Waals surface area (Å²) in [4.78, 5) is 16.3. The highest BCUT2D eigenvalue weighted by Gasteiger charge is 2.25. The van der Waals surface area contributed by atoms with E-state index >= 15 is 0 Å². The second kappa shape index (κ2) is 7.58. The number of esters is 1. The van der Waals surface area contributed by atoms with E-state index in [1.807, 2.05) is 11.6 Å². The Hall–Kier alpha value is -3.76. The normalized spacial score (nSPS) is 16.7. The van der Waals surface area contributed by atoms with Crippen LogP contribution in [-0.2, 0) is 22.5 Å². The number of hydrogen-bond donors (Lipinski definition) is 1. The first-order valence-electron chi connectivity index (χ1n) is 9.70. The Bertz CT molecular complexity index is 1180. The Morgan fingerprint density at radius 1 is 1.30 bits per heavy atom. The fourth-order valence-corrected chi connectivity index (χ4v) is 3.50. The summed E-state index contributed by atoms with van der Waals surface area (Å²) in [5, 5.41) is 20.9. The largest absolute Gasteiger partial charge is 0.466 e. The number of fused-ring (bicyclic) bond motifs is 1. The second-order valence-electron chi connectivity index (χ2n) is 6.97. The summed E-state index contributed by atoms with van der Waals surface area (Å²) < 4.78 is 17.6. The fourth-order valence-electron chi connectivity index (χ4n) is 3.50. The highest BCUT2D eigenvalue weighted by molar-refractivity contribution is 5.96. The fraction of sp³-hybridized carbons (Fsp3) is 0.368. The molecule has 1 fully saturated rings. The van der Waals surface area contributed by atoms with Gasteiger partial charge in [-0.1, -0.05) is 5.16 Å². The van der Waals surface area contributed by atoms with Crippen molar-refractivity contribution in [2.45, 2.75) is 38.8 Å². The third-order valence-corrected chi connectivity index (χ3v) is 4.98. The average molecular weight is 409 g/mol. The number of hydrogen-bond acceptors (Lipinski definition) is 10. The molecule has 11 nitrogen and oxygen atoms in total. The molecule has 0 bridgehead atoms. The molecule has 1 atom stereocenters. The van der Waals surface area contributed by atoms with Crippen molar-refractivity contribution in [2.24, 2.45) is 0 Å². The maximum absolute atomic E-state index is 11.7. The predicted octanol–water partition coefficient (Wildman–Crippen LogP) is 2.20. The Kier molecular flexibility index (Phi) is 4.62. The molecule has 0 aliphatic carbocycles. The highest BCUT2D eigenvalue weighted by Crippen LogP contribution is 2.34. The lowest BCUT2D eigenvalue weighted by Crippen LogP contribution is -2.31. The van der Waals surface area contributed by atoms with Gasteiger partial charge in [0.2, 0.25) is 5.89 Å². The molecule has 1 saturated heterocycles. The predicted molar refractivity (Wildman–Crippen MR) is 103 cm³/mol. The summed E-state index contributed by atoms with van der Waals surface area (Å²) in [6.07, 6.45) is 6.29. The molecule has 11 heteroatoms. The average Bonchev–Trinajstić information content (AvgIpc) is 3.49. The molecule has 0 spiro atoms. The van der Waals surface area contributed by atoms with Gasteiger partial charge >= 0.3 is 5.97 Å². The number of rotatable bonds is 6. The van der Waals surface area contributed by atoms with Crippen molar-refractivity contribution in [1.82, 2.24) is 30.1 Å². The summed E-state index contributed by atoms with van der Waals surface area (Å²) in [7, 11) is 0. The number of carbonyl (C=O) groups is 1. The lowest BCUT2D eigenvalue weighted by molar-refractivity contribution is -0.147. The molecule has 5 heterocycles. The first kappa shape index (κ1) is 18.3. The molecule has 1 N–H and O–H groups in total. The van der Waals surface area contributed by atoms with Gasteiger partial charge in [0.05, 0.1) is 48.0 Å². The highest BCUT2D eigenvalue weighted by atomic mass is 16.5. The topological polar surface area (TPSA) is 134 Å². The van der Waals surface area contributed by atoms with Gasteiger partial charge in [-0.15, -0.1) is 10.2 Å². The molecule has 4 aromatic heterocycles. The van der Waals surface area contributed by atoms with Gasteiger partial charge in [0, 0.05) is 31.3 Å². The van der Waals surface area contributed by atoms with Gasteiger partial charge in [0.1, 0.15) is 6.26 Å². The summed E-state index contributed by atoms with van der Waals surface area (Å²) in [6.45, 7) is 3.07. The van der Waals surface area contributed by atoms with Crippen LogP contribution < -0.4 is 5.32 Å². The van der Waals surface area contributed by atoms with Crippen molar-refractivity contribution >= 4 is 22.7 Å². The third-order valence-electron chi connectivity index (χ3n) is 4.98. The summed E-state index contributed by atoms with van der Waals surface area (Å²) in [6, 6.07) is 1.67. The van der Waals surface area contributed by atoms with Gasteiger partial charge in [-0.3, -0.25) is 4.79 Å². The summed E-state index contributed by atoms with van der Waals surface area (Å²) >= 11 is 0. The van der Waals surface area contributed by atoms with Crippen LogP contribution in [0.2, 0.25) is 0 Å². The van der Waals surface area contributed by atoms with E-state index in [1.165, 1.54) is 6.26 Å². The molecule has 1 aliphatic heterocycles. The molecule has 1 unspecified atom stereocenters. The van der Waals surface area contributed by atoms with Crippen LogP contribution in [-0.4, -0.2) is 48.7 Å². The minimum Gasteiger partial charge on any atom is -0.466 e. The minimum absolute atomic E-state index is 0.0712. The van der Waals surface area contributed by atoms with Gasteiger partial charge in [0.15, 0.2) is 5.65 Å². The molecular weight excluding hydrogens is 390 g/mol. The third kappa shape index (κ3) is 3.38. The van der Waals surface area contributed by atoms with Crippen LogP contribution in [0.1, 0.15) is 31.4 Å². The molecule has 5 rings (SSSR count). The number of cyclic esters (lactones) is 1. The number of aryl methyl sites for hydroxylation is 1. The zero-order valence-electron chi connectivity index (χ0n) is 16.2. The summed E-state index contributed by atoms with van der Waals surface area (Å²) in [5.41, 5.74) is 2.85. The van der Waals surface area contributed by atoms with Gasteiger partial charge in [-0.05, 0) is 6.92 Å². The van der Waals surface area contributed by atoms with Crippen LogP contribution in [0.25, 0.3) is 22.5 Å². The molecule has 30 heavy (non-hydrogen) atoms. The van der Waals surface area contributed by atoms with E-state index < -0.39 is 0 Å². The van der Waals surface area contributed by atoms with Crippen molar-refractivity contribution in [2.75, 3.05) is 11.9 Å². The molecular formula is C19H19N7O4. The zero-order chi connectivity index (χ0) is 20.5. The first-order valence-corrected chi connectivity index (χ1v) is 9.70. The van der Waals surface area contributed by atoms with Crippen LogP contribution in [0.5, 0.6) is 0 Å². The lowest BCUT2D eigenvalue weighted by Gasteiger charge is -2.24. The number of nitrogens with one attached hydrogen (secondary N) is 1. The minimum atomic E-state index is -0.220. The maximum Gasteiger partial charge on any atom is 0.307 e. The summed E-state index contributed by atoms with van der Waals surface area (Å²) in [5.74, 6) is 0.519. The first-order chi connectivity index (χ1) is 14.7. The van der Waals surface area contributed by atoms with Crippen LogP contribution >= 0.6 is 0 Å². The van der Waals surface area contributed by atoms with E-state index in [1.54, 1.807) is 18.5 Å². The molecule has 0 aromatic carbocycles. The standard InChI is InChI=1S/C19H19N7O4/c1-2-26-18-13(10-21-26)17(22-11-3-5-28-16(27)8-11)14(9-20-18)19-24-23-15(30-19)7-12-4-6-29-25-12/h4,6,9-11H,2-3,5,7-8H2,1H3,(H,20,22). The van der Waals surface area contributed by atoms with Crippen molar-refractivity contribution in [1.29, 1.82) is 0 Å². The van der Waals surface area contributed by atoms with E-state index in [-0.39, 0.29) is 18.4 Å². The van der Waals surface area contributed by atoms with E-state index in [2.05, 4.69) is 30.8 Å². The quantitative estimate of drug-likeness (QED) is 0.472. The van der Waals surface area contributed by atoms with Crippen LogP contribution in [0.3, 0.4) is 0 Å². The zero-order valence-corrected chi connectivity index (χ0v) is 16.2. The smallest absolute Gasteiger partial charge is 0.307 e. The number of carbonyl (C=O) groups excluding carboxylic acids is 1. The van der Waals surface area contributed by atoms with E-state index in [0.717, 1.165) is 16.7 Å². The van der Waals surface area contributed by atoms with Gasteiger partial charge in [0.25, 0.3) is 5.89 Å². The number of anilines is 1. The van der Waals surface area contributed by atoms with Gasteiger partial charge in [-0.2, -0.15) is 5.10 Å². The Labute approximate surface area is 170 Å². The van der Waals surface area contributed by atoms with E-state index in [0.29, 0.717) is 49.0 Å². The number of nitrogens with zero attached hydrogens (tertiary/aromatic N) is 6. The maximum atomic E-state index is 11.7. The molecule has 154 valence electrons. The number of pyridine rings is 1. The number of aromatic nitrogens is 6. The van der Waals surface area contributed by atoms with Crippen molar-refractivity contribution in [3.63, 3.8) is 0 Å².